The van der Waals surface area contributed by atoms with Crippen LogP contribution in [0.3, 0.4) is 0 Å². The van der Waals surface area contributed by atoms with E-state index in [2.05, 4.69) is 0 Å². The molecule has 0 radical (unpaired) electrons. The zero-order chi connectivity index (χ0) is 19.7. The van der Waals surface area contributed by atoms with Crippen LogP contribution in [0.2, 0.25) is 0 Å². The second-order valence-electron chi connectivity index (χ2n) is 7.59. The van der Waals surface area contributed by atoms with E-state index in [-0.39, 0.29) is 30.3 Å². The van der Waals surface area contributed by atoms with Gasteiger partial charge in [-0.2, -0.15) is 0 Å². The van der Waals surface area contributed by atoms with Crippen molar-refractivity contribution in [3.63, 3.8) is 0 Å². The monoisotopic (exact) mass is 374 g/mol. The molecule has 2 saturated heterocycles. The van der Waals surface area contributed by atoms with Gasteiger partial charge in [-0.1, -0.05) is 32.0 Å². The molecular weight excluding hydrogens is 348 g/mol. The third-order valence-electron chi connectivity index (χ3n) is 5.33. The molecule has 2 N–H and O–H groups in total. The van der Waals surface area contributed by atoms with Gasteiger partial charge in [-0.15, -0.1) is 0 Å². The van der Waals surface area contributed by atoms with Gasteiger partial charge in [0.05, 0.1) is 12.5 Å². The highest BCUT2D eigenvalue weighted by Gasteiger charge is 2.53. The molecule has 7 heteroatoms. The second kappa shape index (κ2) is 7.78. The van der Waals surface area contributed by atoms with Crippen molar-refractivity contribution in [3.8, 4) is 0 Å². The molecule has 2 fully saturated rings. The summed E-state index contributed by atoms with van der Waals surface area (Å²) in [5.74, 6) is -1.21. The van der Waals surface area contributed by atoms with Gasteiger partial charge in [-0.25, -0.2) is 0 Å². The normalized spacial score (nSPS) is 25.7. The number of fused-ring (bicyclic) bond motifs is 1. The van der Waals surface area contributed by atoms with Crippen LogP contribution in [0.25, 0.3) is 0 Å². The van der Waals surface area contributed by atoms with E-state index in [1.165, 1.54) is 0 Å². The zero-order valence-electron chi connectivity index (χ0n) is 15.9. The first-order chi connectivity index (χ1) is 12.8. The minimum Gasteiger partial charge on any atom is -0.377 e. The van der Waals surface area contributed by atoms with Gasteiger partial charge in [0.2, 0.25) is 11.8 Å². The molecule has 2 aliphatic heterocycles. The number of primary amides is 1. The number of methoxy groups -OCH3 is 1. The molecule has 1 aromatic carbocycles. The van der Waals surface area contributed by atoms with Crippen molar-refractivity contribution in [2.75, 3.05) is 20.3 Å². The number of carbonyl (C=O) groups is 3. The lowest BCUT2D eigenvalue weighted by Crippen LogP contribution is -2.44. The highest BCUT2D eigenvalue weighted by Crippen LogP contribution is 2.35. The minimum absolute atomic E-state index is 0.00824. The van der Waals surface area contributed by atoms with E-state index in [4.69, 9.17) is 15.2 Å². The molecule has 2 aliphatic rings. The highest BCUT2D eigenvalue weighted by atomic mass is 16.5. The Balaban J connectivity index is 1.98. The lowest BCUT2D eigenvalue weighted by atomic mass is 9.86. The number of ether oxygens (including phenoxy) is 2. The number of Topliss-reactive ketones (excluding diaryl/α,β-unsaturated/α-hetero) is 1. The van der Waals surface area contributed by atoms with E-state index >= 15 is 0 Å². The van der Waals surface area contributed by atoms with Gasteiger partial charge in [0.15, 0.2) is 5.78 Å². The summed E-state index contributed by atoms with van der Waals surface area (Å²) in [7, 11) is 1.55. The third kappa shape index (κ3) is 3.61. The fraction of sp³-hybridized carbons (Fsp3) is 0.550. The van der Waals surface area contributed by atoms with E-state index in [9.17, 15) is 14.4 Å². The van der Waals surface area contributed by atoms with Gasteiger partial charge in [-0.3, -0.25) is 14.4 Å². The number of likely N-dealkylation sites (tertiary alicyclic amines) is 1. The SMILES string of the molecule is CO[C@H]1CN(C(=O)C(CC(C)C)c2ccccc2C(N)=O)[C@@H]2C(=O)CO[C@H]12. The number of hydrogen-bond donors (Lipinski definition) is 1. The van der Waals surface area contributed by atoms with E-state index in [1.54, 1.807) is 36.3 Å². The molecule has 2 amide bonds. The maximum absolute atomic E-state index is 13.5. The van der Waals surface area contributed by atoms with Crippen LogP contribution in [0, 0.1) is 5.92 Å². The Morgan fingerprint density at radius 2 is 2.04 bits per heavy atom. The number of benzene rings is 1. The Labute approximate surface area is 158 Å². The highest BCUT2D eigenvalue weighted by molar-refractivity contribution is 5.98. The number of hydrogen-bond acceptors (Lipinski definition) is 5. The van der Waals surface area contributed by atoms with Crippen molar-refractivity contribution < 1.29 is 23.9 Å². The summed E-state index contributed by atoms with van der Waals surface area (Å²) < 4.78 is 11.0. The maximum Gasteiger partial charge on any atom is 0.249 e. The van der Waals surface area contributed by atoms with E-state index < -0.39 is 24.0 Å². The predicted molar refractivity (Wildman–Crippen MR) is 98.2 cm³/mol. The summed E-state index contributed by atoms with van der Waals surface area (Å²) in [4.78, 5) is 39.3. The summed E-state index contributed by atoms with van der Waals surface area (Å²) in [5.41, 5.74) is 6.47. The van der Waals surface area contributed by atoms with Crippen molar-refractivity contribution in [1.29, 1.82) is 0 Å². The molecule has 146 valence electrons. The summed E-state index contributed by atoms with van der Waals surface area (Å²) in [6.45, 7) is 4.32. The smallest absolute Gasteiger partial charge is 0.249 e. The van der Waals surface area contributed by atoms with Crippen LogP contribution in [-0.4, -0.2) is 61.0 Å². The first kappa shape index (κ1) is 19.5. The molecule has 0 spiro atoms. The van der Waals surface area contributed by atoms with E-state index in [0.29, 0.717) is 24.1 Å². The average molecular weight is 374 g/mol. The van der Waals surface area contributed by atoms with Crippen LogP contribution in [0.4, 0.5) is 0 Å². The lowest BCUT2D eigenvalue weighted by Gasteiger charge is -2.28. The molecule has 2 heterocycles. The summed E-state index contributed by atoms with van der Waals surface area (Å²) in [6, 6.07) is 6.28. The van der Waals surface area contributed by atoms with Gasteiger partial charge >= 0.3 is 0 Å². The predicted octanol–water partition coefficient (Wildman–Crippen LogP) is 1.11. The fourth-order valence-corrected chi connectivity index (χ4v) is 4.10. The molecule has 3 rings (SSSR count). The summed E-state index contributed by atoms with van der Waals surface area (Å²) >= 11 is 0. The van der Waals surface area contributed by atoms with Gasteiger partial charge in [0.25, 0.3) is 0 Å². The molecular formula is C20H26N2O5. The molecule has 0 bridgehead atoms. The summed E-state index contributed by atoms with van der Waals surface area (Å²) in [6.07, 6.45) is -0.224. The fourth-order valence-electron chi connectivity index (χ4n) is 4.10. The maximum atomic E-state index is 13.5. The summed E-state index contributed by atoms with van der Waals surface area (Å²) in [5, 5.41) is 0. The Bertz CT molecular complexity index is 748. The van der Waals surface area contributed by atoms with Crippen molar-refractivity contribution in [3.05, 3.63) is 35.4 Å². The molecule has 0 aliphatic carbocycles. The zero-order valence-corrected chi connectivity index (χ0v) is 15.9. The van der Waals surface area contributed by atoms with Crippen LogP contribution in [0.5, 0.6) is 0 Å². The Kier molecular flexibility index (Phi) is 5.62. The number of amides is 2. The van der Waals surface area contributed by atoms with E-state index in [0.717, 1.165) is 0 Å². The lowest BCUT2D eigenvalue weighted by molar-refractivity contribution is -0.138. The largest absolute Gasteiger partial charge is 0.377 e. The molecule has 7 nitrogen and oxygen atoms in total. The van der Waals surface area contributed by atoms with Crippen LogP contribution < -0.4 is 5.73 Å². The Morgan fingerprint density at radius 1 is 1.33 bits per heavy atom. The topological polar surface area (TPSA) is 98.9 Å². The van der Waals surface area contributed by atoms with Crippen LogP contribution in [0.15, 0.2) is 24.3 Å². The van der Waals surface area contributed by atoms with Gasteiger partial charge in [0.1, 0.15) is 24.9 Å². The molecule has 1 aromatic rings. The third-order valence-corrected chi connectivity index (χ3v) is 5.33. The number of rotatable bonds is 6. The van der Waals surface area contributed by atoms with Crippen molar-refractivity contribution in [2.24, 2.45) is 11.7 Å². The standard InChI is InChI=1S/C20H26N2O5/c1-11(2)8-14(12-6-4-5-7-13(12)19(21)24)20(25)22-9-16(26-3)18-17(22)15(23)10-27-18/h4-7,11,14,16-18H,8-10H2,1-3H3,(H2,21,24)/t14?,16-,17+,18+/m0/s1. The molecule has 0 aromatic heterocycles. The van der Waals surface area contributed by atoms with Gasteiger partial charge < -0.3 is 20.1 Å². The minimum atomic E-state index is -0.627. The first-order valence-corrected chi connectivity index (χ1v) is 9.21. The quantitative estimate of drug-likeness (QED) is 0.804. The van der Waals surface area contributed by atoms with Crippen LogP contribution in [0.1, 0.15) is 42.1 Å². The molecule has 27 heavy (non-hydrogen) atoms. The molecule has 0 saturated carbocycles. The van der Waals surface area contributed by atoms with Gasteiger partial charge in [0, 0.05) is 12.7 Å². The van der Waals surface area contributed by atoms with Crippen molar-refractivity contribution in [2.45, 2.75) is 44.4 Å². The second-order valence-corrected chi connectivity index (χ2v) is 7.59. The first-order valence-electron chi connectivity index (χ1n) is 9.21. The number of carbonyl (C=O) groups excluding carboxylic acids is 3. The number of nitrogens with zero attached hydrogens (tertiary/aromatic N) is 1. The van der Waals surface area contributed by atoms with Gasteiger partial charge in [-0.05, 0) is 24.0 Å². The van der Waals surface area contributed by atoms with Crippen molar-refractivity contribution in [1.82, 2.24) is 4.90 Å². The van der Waals surface area contributed by atoms with Crippen molar-refractivity contribution >= 4 is 17.6 Å². The Hall–Kier alpha value is -2.25. The number of ketones is 1. The average Bonchev–Trinajstić information content (AvgIpc) is 3.19. The number of nitrogens with two attached hydrogens (primary N) is 1. The molecule has 4 atom stereocenters. The molecule has 1 unspecified atom stereocenters. The Morgan fingerprint density at radius 3 is 2.67 bits per heavy atom. The van der Waals surface area contributed by atoms with Crippen LogP contribution >= 0.6 is 0 Å². The van der Waals surface area contributed by atoms with E-state index in [1.807, 2.05) is 13.8 Å². The van der Waals surface area contributed by atoms with Crippen LogP contribution in [-0.2, 0) is 19.1 Å².